The summed E-state index contributed by atoms with van der Waals surface area (Å²) in [6.45, 7) is 5.86. The number of carboxylic acid groups (broad SMARTS) is 1. The van der Waals surface area contributed by atoms with E-state index in [0.29, 0.717) is 25.9 Å². The van der Waals surface area contributed by atoms with Gasteiger partial charge in [0.15, 0.2) is 0 Å². The normalized spacial score (nSPS) is 12.8. The molecule has 0 fully saturated rings. The maximum absolute atomic E-state index is 11.3. The quantitative estimate of drug-likeness (QED) is 0.476. The summed E-state index contributed by atoms with van der Waals surface area (Å²) in [6.07, 6.45) is 0.933. The van der Waals surface area contributed by atoms with Crippen molar-refractivity contribution in [1.82, 2.24) is 10.6 Å². The number of carbonyl (C=O) groups is 2. The maximum Gasteiger partial charge on any atom is 0.407 e. The monoisotopic (exact) mass is 276 g/mol. The number of unbranched alkanes of at least 4 members (excludes halogenated alkanes) is 1. The molecule has 0 unspecified atom stereocenters. The lowest BCUT2D eigenvalue weighted by Gasteiger charge is -2.19. The van der Waals surface area contributed by atoms with Gasteiger partial charge in [-0.1, -0.05) is 0 Å². The topological polar surface area (TPSA) is 108 Å². The fourth-order valence-corrected chi connectivity index (χ4v) is 1.26. The molecule has 19 heavy (non-hydrogen) atoms. The molecule has 0 heterocycles. The highest BCUT2D eigenvalue weighted by atomic mass is 16.6. The summed E-state index contributed by atoms with van der Waals surface area (Å²) in [5.41, 5.74) is -0.512. The second-order valence-corrected chi connectivity index (χ2v) is 5.16. The molecule has 7 heteroatoms. The van der Waals surface area contributed by atoms with Crippen LogP contribution in [0, 0.1) is 0 Å². The first-order chi connectivity index (χ1) is 8.76. The Hall–Kier alpha value is -1.34. The molecule has 0 bridgehead atoms. The first-order valence-electron chi connectivity index (χ1n) is 6.30. The van der Waals surface area contributed by atoms with E-state index in [-0.39, 0.29) is 0 Å². The highest BCUT2D eigenvalue weighted by Crippen LogP contribution is 2.06. The average molecular weight is 276 g/mol. The Morgan fingerprint density at radius 3 is 2.26 bits per heavy atom. The number of carboxylic acids is 1. The van der Waals surface area contributed by atoms with Crippen LogP contribution in [0.4, 0.5) is 4.79 Å². The van der Waals surface area contributed by atoms with Gasteiger partial charge in [-0.15, -0.1) is 0 Å². The molecule has 0 aliphatic heterocycles. The Morgan fingerprint density at radius 2 is 1.79 bits per heavy atom. The third kappa shape index (κ3) is 10.3. The number of aliphatic carboxylic acids is 1. The summed E-state index contributed by atoms with van der Waals surface area (Å²) in [6, 6.07) is -0.932. The highest BCUT2D eigenvalue weighted by Gasteiger charge is 2.16. The van der Waals surface area contributed by atoms with Gasteiger partial charge >= 0.3 is 12.1 Å². The third-order valence-electron chi connectivity index (χ3n) is 2.14. The van der Waals surface area contributed by atoms with Crippen LogP contribution in [-0.4, -0.2) is 53.6 Å². The minimum atomic E-state index is -1.07. The molecule has 7 nitrogen and oxygen atoms in total. The summed E-state index contributed by atoms with van der Waals surface area (Å²) in [4.78, 5) is 21.9. The van der Waals surface area contributed by atoms with Crippen molar-refractivity contribution in [2.45, 2.75) is 45.3 Å². The molecule has 0 aromatic carbocycles. The number of rotatable bonds is 8. The molecule has 1 atom stereocenters. The number of carbonyl (C=O) groups excluding carboxylic acids is 1. The van der Waals surface area contributed by atoms with E-state index in [1.54, 1.807) is 20.8 Å². The van der Waals surface area contributed by atoms with Gasteiger partial charge in [0.05, 0.1) is 6.61 Å². The van der Waals surface area contributed by atoms with Crippen LogP contribution in [0.3, 0.4) is 0 Å². The fourth-order valence-electron chi connectivity index (χ4n) is 1.26. The van der Waals surface area contributed by atoms with Crippen LogP contribution in [0.15, 0.2) is 0 Å². The lowest BCUT2D eigenvalue weighted by Crippen LogP contribution is -2.40. The smallest absolute Gasteiger partial charge is 0.407 e. The Labute approximate surface area is 113 Å². The largest absolute Gasteiger partial charge is 0.480 e. The number of amides is 1. The van der Waals surface area contributed by atoms with E-state index in [2.05, 4.69) is 10.6 Å². The summed E-state index contributed by atoms with van der Waals surface area (Å²) in [5.74, 6) is -1.07. The van der Waals surface area contributed by atoms with Crippen molar-refractivity contribution in [3.63, 3.8) is 0 Å². The summed E-state index contributed by atoms with van der Waals surface area (Å²) < 4.78 is 5.05. The van der Waals surface area contributed by atoms with Crippen molar-refractivity contribution in [3.05, 3.63) is 0 Å². The lowest BCUT2D eigenvalue weighted by molar-refractivity contribution is -0.140. The van der Waals surface area contributed by atoms with Gasteiger partial charge in [-0.25, -0.2) is 4.79 Å². The minimum absolute atomic E-state index is 0.439. The fraction of sp³-hybridized carbons (Fsp3) is 0.833. The van der Waals surface area contributed by atoms with Crippen LogP contribution in [0.2, 0.25) is 0 Å². The zero-order valence-electron chi connectivity index (χ0n) is 11.7. The second-order valence-electron chi connectivity index (χ2n) is 5.16. The molecule has 0 aliphatic rings. The molecule has 4 N–H and O–H groups in total. The molecule has 1 amide bonds. The number of aliphatic hydroxyl groups excluding tert-OH is 1. The van der Waals surface area contributed by atoms with Crippen LogP contribution >= 0.6 is 0 Å². The molecular weight excluding hydrogens is 252 g/mol. The van der Waals surface area contributed by atoms with E-state index in [1.165, 1.54) is 0 Å². The number of alkyl carbamates (subject to hydrolysis) is 1. The molecule has 0 saturated carbocycles. The molecular formula is C12H24N2O5. The van der Waals surface area contributed by atoms with Gasteiger partial charge < -0.3 is 25.6 Å². The van der Waals surface area contributed by atoms with E-state index >= 15 is 0 Å². The summed E-state index contributed by atoms with van der Waals surface area (Å²) >= 11 is 0. The third-order valence-corrected chi connectivity index (χ3v) is 2.14. The lowest BCUT2D eigenvalue weighted by atomic mass is 10.2. The number of ether oxygens (including phenoxy) is 1. The van der Waals surface area contributed by atoms with Crippen LogP contribution in [0.1, 0.15) is 33.6 Å². The van der Waals surface area contributed by atoms with Crippen molar-refractivity contribution < 1.29 is 24.5 Å². The molecule has 0 radical (unpaired) electrons. The van der Waals surface area contributed by atoms with E-state index in [0.717, 1.165) is 0 Å². The predicted molar refractivity (Wildman–Crippen MR) is 70.0 cm³/mol. The van der Waals surface area contributed by atoms with Gasteiger partial charge in [-0.05, 0) is 40.2 Å². The van der Waals surface area contributed by atoms with Crippen LogP contribution in [-0.2, 0) is 9.53 Å². The molecule has 0 saturated heterocycles. The number of aliphatic hydroxyl groups is 1. The predicted octanol–water partition coefficient (Wildman–Crippen LogP) is 0.326. The molecule has 112 valence electrons. The average Bonchev–Trinajstić information content (AvgIpc) is 2.25. The zero-order valence-corrected chi connectivity index (χ0v) is 11.7. The van der Waals surface area contributed by atoms with Gasteiger partial charge in [-0.3, -0.25) is 4.79 Å². The molecule has 0 aliphatic carbocycles. The van der Waals surface area contributed by atoms with Gasteiger partial charge in [-0.2, -0.15) is 0 Å². The van der Waals surface area contributed by atoms with Crippen molar-refractivity contribution >= 4 is 12.1 Å². The Morgan fingerprint density at radius 1 is 1.21 bits per heavy atom. The molecule has 0 aromatic heterocycles. The summed E-state index contributed by atoms with van der Waals surface area (Å²) in [7, 11) is 0. The summed E-state index contributed by atoms with van der Waals surface area (Å²) in [5, 5.41) is 22.7. The Kier molecular flexibility index (Phi) is 8.09. The van der Waals surface area contributed by atoms with Crippen LogP contribution in [0.25, 0.3) is 0 Å². The van der Waals surface area contributed by atoms with Crippen molar-refractivity contribution in [2.75, 3.05) is 19.7 Å². The van der Waals surface area contributed by atoms with E-state index in [1.807, 2.05) is 0 Å². The first kappa shape index (κ1) is 17.7. The zero-order chi connectivity index (χ0) is 14.9. The molecule has 0 aromatic rings. The van der Waals surface area contributed by atoms with Crippen molar-refractivity contribution in [3.8, 4) is 0 Å². The highest BCUT2D eigenvalue weighted by molar-refractivity contribution is 5.73. The van der Waals surface area contributed by atoms with E-state index in [9.17, 15) is 9.59 Å². The van der Waals surface area contributed by atoms with Crippen molar-refractivity contribution in [1.29, 1.82) is 0 Å². The van der Waals surface area contributed by atoms with Crippen LogP contribution < -0.4 is 10.6 Å². The van der Waals surface area contributed by atoms with E-state index < -0.39 is 30.3 Å². The first-order valence-corrected chi connectivity index (χ1v) is 6.30. The number of hydrogen-bond donors (Lipinski definition) is 4. The van der Waals surface area contributed by atoms with Gasteiger partial charge in [0.1, 0.15) is 11.6 Å². The standard InChI is InChI=1S/C12H24N2O5/c1-12(2,3)19-11(18)14-7-5-4-6-13-9(8-15)10(16)17/h9,13,15H,4-8H2,1-3H3,(H,14,18)(H,16,17)/t9-/m0/s1. The van der Waals surface area contributed by atoms with Crippen LogP contribution in [0.5, 0.6) is 0 Å². The van der Waals surface area contributed by atoms with Gasteiger partial charge in [0.2, 0.25) is 0 Å². The second kappa shape index (κ2) is 8.71. The number of hydrogen-bond acceptors (Lipinski definition) is 5. The number of nitrogens with one attached hydrogen (secondary N) is 2. The van der Waals surface area contributed by atoms with Gasteiger partial charge in [0.25, 0.3) is 0 Å². The van der Waals surface area contributed by atoms with E-state index in [4.69, 9.17) is 14.9 Å². The minimum Gasteiger partial charge on any atom is -0.480 e. The van der Waals surface area contributed by atoms with Gasteiger partial charge in [0, 0.05) is 6.54 Å². The SMILES string of the molecule is CC(C)(C)OC(=O)NCCCCN[C@@H](CO)C(=O)O. The Balaban J connectivity index is 3.55. The molecule has 0 rings (SSSR count). The van der Waals surface area contributed by atoms with Crippen molar-refractivity contribution in [2.24, 2.45) is 0 Å². The Bertz CT molecular complexity index is 288. The maximum atomic E-state index is 11.3. The molecule has 0 spiro atoms.